The zero-order valence-electron chi connectivity index (χ0n) is 11.7. The fourth-order valence-electron chi connectivity index (χ4n) is 3.85. The highest BCUT2D eigenvalue weighted by atomic mass is 35.5. The van der Waals surface area contributed by atoms with E-state index in [0.29, 0.717) is 33.7 Å². The Morgan fingerprint density at radius 3 is 2.52 bits per heavy atom. The maximum Gasteiger partial charge on any atom is 0.226 e. The number of likely N-dealkylation sites (tertiary alicyclic amines) is 1. The van der Waals surface area contributed by atoms with Crippen molar-refractivity contribution in [3.8, 4) is 0 Å². The molecular weight excluding hydrogens is 307 g/mol. The summed E-state index contributed by atoms with van der Waals surface area (Å²) in [5.41, 5.74) is 1.14. The van der Waals surface area contributed by atoms with Crippen LogP contribution in [0.5, 0.6) is 0 Å². The molecule has 1 N–H and O–H groups in total. The lowest BCUT2D eigenvalue weighted by atomic mass is 10.0. The van der Waals surface area contributed by atoms with Gasteiger partial charge in [-0.2, -0.15) is 0 Å². The summed E-state index contributed by atoms with van der Waals surface area (Å²) in [5, 5.41) is 4.56. The molecule has 0 spiro atoms. The minimum Gasteiger partial charge on any atom is -0.342 e. The van der Waals surface area contributed by atoms with Gasteiger partial charge in [-0.25, -0.2) is 0 Å². The van der Waals surface area contributed by atoms with Gasteiger partial charge in [-0.1, -0.05) is 29.3 Å². The van der Waals surface area contributed by atoms with Crippen molar-refractivity contribution >= 4 is 29.1 Å². The molecule has 2 aliphatic heterocycles. The van der Waals surface area contributed by atoms with Crippen molar-refractivity contribution < 1.29 is 4.79 Å². The molecule has 21 heavy (non-hydrogen) atoms. The van der Waals surface area contributed by atoms with Gasteiger partial charge >= 0.3 is 0 Å². The Balaban J connectivity index is 1.42. The summed E-state index contributed by atoms with van der Waals surface area (Å²) in [6, 6.07) is 5.73. The highest BCUT2D eigenvalue weighted by molar-refractivity contribution is 6.42. The van der Waals surface area contributed by atoms with E-state index in [-0.39, 0.29) is 5.92 Å². The summed E-state index contributed by atoms with van der Waals surface area (Å²) in [4.78, 5) is 14.7. The summed E-state index contributed by atoms with van der Waals surface area (Å²) >= 11 is 12.0. The third-order valence-corrected chi connectivity index (χ3v) is 5.92. The number of benzene rings is 1. The standard InChI is InChI=1S/C16H18Cl2N2O/c17-14-2-1-9(3-15(14)18)12-4-13(12)16(21)20-7-10-5-19-6-11(10)8-20/h1-3,10-13,19H,4-8H2/t10-,11+,12?,13?. The maximum atomic E-state index is 12.6. The average Bonchev–Trinajstić information content (AvgIpc) is 2.96. The van der Waals surface area contributed by atoms with Gasteiger partial charge < -0.3 is 10.2 Å². The van der Waals surface area contributed by atoms with E-state index >= 15 is 0 Å². The summed E-state index contributed by atoms with van der Waals surface area (Å²) in [7, 11) is 0. The number of hydrogen-bond donors (Lipinski definition) is 1. The van der Waals surface area contributed by atoms with Crippen LogP contribution in [-0.2, 0) is 4.79 Å². The van der Waals surface area contributed by atoms with Crippen LogP contribution in [0.2, 0.25) is 10.0 Å². The molecule has 1 amide bonds. The van der Waals surface area contributed by atoms with Crippen molar-refractivity contribution in [1.82, 2.24) is 10.2 Å². The van der Waals surface area contributed by atoms with E-state index in [0.717, 1.165) is 38.2 Å². The van der Waals surface area contributed by atoms with Gasteiger partial charge in [0, 0.05) is 32.1 Å². The first-order valence-corrected chi connectivity index (χ1v) is 8.33. The zero-order valence-corrected chi connectivity index (χ0v) is 13.2. The normalized spacial score (nSPS) is 34.1. The SMILES string of the molecule is O=C(C1CC1c1ccc(Cl)c(Cl)c1)N1C[C@H]2CNC[C@H]2C1. The van der Waals surface area contributed by atoms with Crippen LogP contribution in [0.3, 0.4) is 0 Å². The van der Waals surface area contributed by atoms with Crippen LogP contribution in [0.1, 0.15) is 17.9 Å². The molecule has 1 aromatic carbocycles. The number of carbonyl (C=O) groups excluding carboxylic acids is 1. The van der Waals surface area contributed by atoms with Gasteiger partial charge in [0.25, 0.3) is 0 Å². The Labute approximate surface area is 134 Å². The topological polar surface area (TPSA) is 32.3 Å². The monoisotopic (exact) mass is 324 g/mol. The van der Waals surface area contributed by atoms with Crippen molar-refractivity contribution in [3.63, 3.8) is 0 Å². The molecule has 1 aliphatic carbocycles. The number of carbonyl (C=O) groups is 1. The van der Waals surface area contributed by atoms with Crippen LogP contribution >= 0.6 is 23.2 Å². The van der Waals surface area contributed by atoms with Crippen LogP contribution < -0.4 is 5.32 Å². The van der Waals surface area contributed by atoms with Crippen LogP contribution in [0.4, 0.5) is 0 Å². The Morgan fingerprint density at radius 2 is 1.86 bits per heavy atom. The molecule has 1 saturated carbocycles. The maximum absolute atomic E-state index is 12.6. The van der Waals surface area contributed by atoms with Crippen molar-refractivity contribution in [2.45, 2.75) is 12.3 Å². The Kier molecular flexibility index (Phi) is 3.40. The largest absolute Gasteiger partial charge is 0.342 e. The molecule has 2 saturated heterocycles. The number of nitrogens with zero attached hydrogens (tertiary/aromatic N) is 1. The van der Waals surface area contributed by atoms with E-state index in [4.69, 9.17) is 23.2 Å². The Hall–Kier alpha value is -0.770. The van der Waals surface area contributed by atoms with Gasteiger partial charge in [0.1, 0.15) is 0 Å². The molecule has 2 unspecified atom stereocenters. The molecule has 4 rings (SSSR count). The first-order valence-electron chi connectivity index (χ1n) is 7.58. The summed E-state index contributed by atoms with van der Waals surface area (Å²) in [6.45, 7) is 3.99. The summed E-state index contributed by atoms with van der Waals surface area (Å²) in [5.74, 6) is 2.13. The van der Waals surface area contributed by atoms with Crippen LogP contribution in [0.15, 0.2) is 18.2 Å². The van der Waals surface area contributed by atoms with Crippen LogP contribution in [-0.4, -0.2) is 37.0 Å². The first kappa shape index (κ1) is 13.9. The highest BCUT2D eigenvalue weighted by Gasteiger charge is 2.48. The average molecular weight is 325 g/mol. The fourth-order valence-corrected chi connectivity index (χ4v) is 4.16. The van der Waals surface area contributed by atoms with Crippen LogP contribution in [0, 0.1) is 17.8 Å². The molecule has 0 bridgehead atoms. The number of amides is 1. The molecule has 3 fully saturated rings. The lowest BCUT2D eigenvalue weighted by Crippen LogP contribution is -2.33. The molecule has 5 heteroatoms. The van der Waals surface area contributed by atoms with Crippen LogP contribution in [0.25, 0.3) is 0 Å². The third-order valence-electron chi connectivity index (χ3n) is 5.18. The summed E-state index contributed by atoms with van der Waals surface area (Å²) < 4.78 is 0. The quantitative estimate of drug-likeness (QED) is 0.907. The van der Waals surface area contributed by atoms with E-state index < -0.39 is 0 Å². The lowest BCUT2D eigenvalue weighted by Gasteiger charge is -2.17. The first-order chi connectivity index (χ1) is 10.1. The number of rotatable bonds is 2. The Morgan fingerprint density at radius 1 is 1.14 bits per heavy atom. The molecule has 4 atom stereocenters. The van der Waals surface area contributed by atoms with Crippen molar-refractivity contribution in [1.29, 1.82) is 0 Å². The fraction of sp³-hybridized carbons (Fsp3) is 0.562. The van der Waals surface area contributed by atoms with Gasteiger partial charge in [-0.05, 0) is 41.9 Å². The number of hydrogen-bond acceptors (Lipinski definition) is 2. The molecular formula is C16H18Cl2N2O. The minimum atomic E-state index is 0.147. The van der Waals surface area contributed by atoms with Crippen molar-refractivity contribution in [3.05, 3.63) is 33.8 Å². The van der Waals surface area contributed by atoms with E-state index in [9.17, 15) is 4.79 Å². The van der Waals surface area contributed by atoms with Crippen molar-refractivity contribution in [2.24, 2.45) is 17.8 Å². The zero-order chi connectivity index (χ0) is 14.6. The molecule has 112 valence electrons. The molecule has 1 aromatic rings. The van der Waals surface area contributed by atoms with E-state index in [2.05, 4.69) is 10.2 Å². The molecule has 3 nitrogen and oxygen atoms in total. The molecule has 0 radical (unpaired) electrons. The third kappa shape index (κ3) is 2.45. The number of fused-ring (bicyclic) bond motifs is 1. The molecule has 2 heterocycles. The van der Waals surface area contributed by atoms with E-state index in [1.165, 1.54) is 0 Å². The Bertz CT molecular complexity index is 580. The smallest absolute Gasteiger partial charge is 0.226 e. The minimum absolute atomic E-state index is 0.147. The predicted octanol–water partition coefficient (Wildman–Crippen LogP) is 2.77. The number of halogens is 2. The van der Waals surface area contributed by atoms with E-state index in [1.807, 2.05) is 18.2 Å². The van der Waals surface area contributed by atoms with Gasteiger partial charge in [0.2, 0.25) is 5.91 Å². The predicted molar refractivity (Wildman–Crippen MR) is 83.7 cm³/mol. The van der Waals surface area contributed by atoms with Gasteiger partial charge in [0.05, 0.1) is 10.0 Å². The summed E-state index contributed by atoms with van der Waals surface area (Å²) in [6.07, 6.45) is 0.945. The molecule has 3 aliphatic rings. The van der Waals surface area contributed by atoms with E-state index in [1.54, 1.807) is 0 Å². The van der Waals surface area contributed by atoms with Gasteiger partial charge in [0.15, 0.2) is 0 Å². The number of nitrogens with one attached hydrogen (secondary N) is 1. The van der Waals surface area contributed by atoms with Crippen molar-refractivity contribution in [2.75, 3.05) is 26.2 Å². The second-order valence-corrected chi connectivity index (χ2v) is 7.36. The lowest BCUT2D eigenvalue weighted by molar-refractivity contribution is -0.131. The second-order valence-electron chi connectivity index (χ2n) is 6.54. The highest BCUT2D eigenvalue weighted by Crippen LogP contribution is 2.50. The van der Waals surface area contributed by atoms with Gasteiger partial charge in [-0.3, -0.25) is 4.79 Å². The second kappa shape index (κ2) is 5.15. The van der Waals surface area contributed by atoms with Gasteiger partial charge in [-0.15, -0.1) is 0 Å². The molecule has 0 aromatic heterocycles.